The quantitative estimate of drug-likeness (QED) is 0.763. The highest BCUT2D eigenvalue weighted by molar-refractivity contribution is 6.62. The fourth-order valence-corrected chi connectivity index (χ4v) is 2.69. The molecule has 0 aliphatic carbocycles. The third-order valence-electron chi connectivity index (χ3n) is 5.00. The first-order valence-corrected chi connectivity index (χ1v) is 8.61. The highest BCUT2D eigenvalue weighted by Gasteiger charge is 2.51. The zero-order chi connectivity index (χ0) is 18.9. The zero-order valence-corrected chi connectivity index (χ0v) is 16.2. The second kappa shape index (κ2) is 6.85. The Morgan fingerprint density at radius 3 is 1.81 bits per heavy atom. The number of rotatable bonds is 5. The molecule has 0 radical (unpaired) electrons. The van der Waals surface area contributed by atoms with Crippen molar-refractivity contribution in [2.24, 2.45) is 0 Å². The second-order valence-corrected chi connectivity index (χ2v) is 7.28. The molecular formula is C20H25BO5. The molecule has 2 aromatic rings. The van der Waals surface area contributed by atoms with Crippen molar-refractivity contribution in [2.45, 2.75) is 38.9 Å². The van der Waals surface area contributed by atoms with Crippen molar-refractivity contribution in [1.82, 2.24) is 0 Å². The number of ether oxygens (including phenoxy) is 3. The molecule has 0 saturated carbocycles. The molecule has 0 aromatic heterocycles. The summed E-state index contributed by atoms with van der Waals surface area (Å²) in [6, 6.07) is 13.2. The molecule has 3 rings (SSSR count). The van der Waals surface area contributed by atoms with Crippen LogP contribution in [0.3, 0.4) is 0 Å². The van der Waals surface area contributed by atoms with Crippen LogP contribution in [0.15, 0.2) is 42.5 Å². The van der Waals surface area contributed by atoms with E-state index in [4.69, 9.17) is 23.5 Å². The van der Waals surface area contributed by atoms with Crippen LogP contribution < -0.4 is 19.7 Å². The Morgan fingerprint density at radius 1 is 0.731 bits per heavy atom. The Balaban J connectivity index is 1.73. The van der Waals surface area contributed by atoms with Crippen LogP contribution in [0.4, 0.5) is 0 Å². The van der Waals surface area contributed by atoms with Crippen LogP contribution in [0.2, 0.25) is 0 Å². The van der Waals surface area contributed by atoms with Crippen LogP contribution in [-0.4, -0.2) is 32.5 Å². The highest BCUT2D eigenvalue weighted by atomic mass is 16.7. The molecule has 138 valence electrons. The molecule has 0 bridgehead atoms. The van der Waals surface area contributed by atoms with Crippen molar-refractivity contribution in [2.75, 3.05) is 14.2 Å². The predicted octanol–water partition coefficient (Wildman–Crippen LogP) is 3.80. The lowest BCUT2D eigenvalue weighted by Crippen LogP contribution is -2.41. The van der Waals surface area contributed by atoms with Crippen molar-refractivity contribution in [3.63, 3.8) is 0 Å². The van der Waals surface area contributed by atoms with Crippen LogP contribution in [0, 0.1) is 0 Å². The van der Waals surface area contributed by atoms with E-state index in [1.807, 2.05) is 64.1 Å². The van der Waals surface area contributed by atoms with Crippen molar-refractivity contribution >= 4 is 12.6 Å². The van der Waals surface area contributed by atoms with Crippen molar-refractivity contribution in [3.05, 3.63) is 42.5 Å². The summed E-state index contributed by atoms with van der Waals surface area (Å²) in [7, 11) is 2.82. The van der Waals surface area contributed by atoms with E-state index in [-0.39, 0.29) is 18.3 Å². The van der Waals surface area contributed by atoms with Crippen LogP contribution in [0.25, 0.3) is 0 Å². The smallest absolute Gasteiger partial charge is 0.493 e. The first-order chi connectivity index (χ1) is 12.3. The average Bonchev–Trinajstić information content (AvgIpc) is 2.83. The summed E-state index contributed by atoms with van der Waals surface area (Å²) in [4.78, 5) is 0. The van der Waals surface area contributed by atoms with Gasteiger partial charge in [0, 0.05) is 6.07 Å². The fourth-order valence-electron chi connectivity index (χ4n) is 2.69. The molecule has 1 aliphatic rings. The van der Waals surface area contributed by atoms with E-state index in [0.29, 0.717) is 17.2 Å². The van der Waals surface area contributed by atoms with E-state index in [9.17, 15) is 0 Å². The van der Waals surface area contributed by atoms with Gasteiger partial charge >= 0.3 is 7.12 Å². The SMILES string of the molecule is COc1ccc(Oc2ccc(B3OC(C)(C)C(C)(C)O3)cc2)cc1OC. The Hall–Kier alpha value is -2.18. The Kier molecular flexibility index (Phi) is 4.91. The maximum absolute atomic E-state index is 6.07. The summed E-state index contributed by atoms with van der Waals surface area (Å²) in [5.41, 5.74) is 0.252. The first kappa shape index (κ1) is 18.6. The Morgan fingerprint density at radius 2 is 1.27 bits per heavy atom. The first-order valence-electron chi connectivity index (χ1n) is 8.61. The van der Waals surface area contributed by atoms with Gasteiger partial charge in [-0.05, 0) is 57.4 Å². The van der Waals surface area contributed by atoms with Gasteiger partial charge in [-0.3, -0.25) is 0 Å². The molecule has 0 unspecified atom stereocenters. The molecule has 0 spiro atoms. The fraction of sp³-hybridized carbons (Fsp3) is 0.400. The van der Waals surface area contributed by atoms with Crippen LogP contribution in [-0.2, 0) is 9.31 Å². The molecule has 0 N–H and O–H groups in total. The summed E-state index contributed by atoms with van der Waals surface area (Å²) in [5, 5.41) is 0. The van der Waals surface area contributed by atoms with Gasteiger partial charge < -0.3 is 23.5 Å². The van der Waals surface area contributed by atoms with E-state index in [1.165, 1.54) is 0 Å². The molecule has 26 heavy (non-hydrogen) atoms. The third-order valence-corrected chi connectivity index (χ3v) is 5.00. The van der Waals surface area contributed by atoms with Gasteiger partial charge in [0.2, 0.25) is 0 Å². The van der Waals surface area contributed by atoms with Crippen LogP contribution in [0.5, 0.6) is 23.0 Å². The minimum absolute atomic E-state index is 0.355. The minimum Gasteiger partial charge on any atom is -0.493 e. The average molecular weight is 356 g/mol. The van der Waals surface area contributed by atoms with Crippen molar-refractivity contribution in [1.29, 1.82) is 0 Å². The van der Waals surface area contributed by atoms with E-state index in [1.54, 1.807) is 20.3 Å². The van der Waals surface area contributed by atoms with Gasteiger partial charge in [0.05, 0.1) is 25.4 Å². The molecule has 2 aromatic carbocycles. The summed E-state index contributed by atoms with van der Waals surface area (Å²) in [6.07, 6.45) is 0. The van der Waals surface area contributed by atoms with Crippen LogP contribution in [0.1, 0.15) is 27.7 Å². The Bertz CT molecular complexity index is 754. The summed E-state index contributed by atoms with van der Waals surface area (Å²) in [6.45, 7) is 8.17. The highest BCUT2D eigenvalue weighted by Crippen LogP contribution is 2.37. The topological polar surface area (TPSA) is 46.2 Å². The van der Waals surface area contributed by atoms with Gasteiger partial charge in [0.15, 0.2) is 11.5 Å². The molecule has 5 nitrogen and oxygen atoms in total. The lowest BCUT2D eigenvalue weighted by atomic mass is 9.79. The molecule has 1 aliphatic heterocycles. The number of hydrogen-bond donors (Lipinski definition) is 0. The van der Waals surface area contributed by atoms with E-state index >= 15 is 0 Å². The Labute approximate surface area is 155 Å². The maximum Gasteiger partial charge on any atom is 0.494 e. The second-order valence-electron chi connectivity index (χ2n) is 7.28. The third kappa shape index (κ3) is 3.52. The zero-order valence-electron chi connectivity index (χ0n) is 16.2. The summed E-state index contributed by atoms with van der Waals surface area (Å²) in [5.74, 6) is 2.68. The minimum atomic E-state index is -0.380. The summed E-state index contributed by atoms with van der Waals surface area (Å²) < 4.78 is 28.6. The monoisotopic (exact) mass is 356 g/mol. The number of hydrogen-bond acceptors (Lipinski definition) is 5. The van der Waals surface area contributed by atoms with E-state index in [2.05, 4.69) is 0 Å². The van der Waals surface area contributed by atoms with Gasteiger partial charge in [-0.25, -0.2) is 0 Å². The number of methoxy groups -OCH3 is 2. The van der Waals surface area contributed by atoms with Gasteiger partial charge in [-0.2, -0.15) is 0 Å². The largest absolute Gasteiger partial charge is 0.494 e. The summed E-state index contributed by atoms with van der Waals surface area (Å²) >= 11 is 0. The lowest BCUT2D eigenvalue weighted by molar-refractivity contribution is 0.00578. The van der Waals surface area contributed by atoms with Gasteiger partial charge in [-0.1, -0.05) is 12.1 Å². The lowest BCUT2D eigenvalue weighted by Gasteiger charge is -2.32. The van der Waals surface area contributed by atoms with Crippen LogP contribution >= 0.6 is 0 Å². The van der Waals surface area contributed by atoms with E-state index < -0.39 is 0 Å². The molecule has 1 heterocycles. The number of benzene rings is 2. The van der Waals surface area contributed by atoms with Crippen molar-refractivity contribution < 1.29 is 23.5 Å². The molecular weight excluding hydrogens is 331 g/mol. The molecule has 0 amide bonds. The predicted molar refractivity (Wildman–Crippen MR) is 102 cm³/mol. The molecule has 1 fully saturated rings. The molecule has 0 atom stereocenters. The molecule has 6 heteroatoms. The molecule has 1 saturated heterocycles. The maximum atomic E-state index is 6.07. The standard InChI is InChI=1S/C20H25BO5/c1-19(2)20(3,4)26-21(25-19)14-7-9-15(10-8-14)24-16-11-12-17(22-5)18(13-16)23-6/h7-13H,1-6H3. The van der Waals surface area contributed by atoms with Crippen molar-refractivity contribution in [3.8, 4) is 23.0 Å². The van der Waals surface area contributed by atoms with Gasteiger partial charge in [-0.15, -0.1) is 0 Å². The van der Waals surface area contributed by atoms with Gasteiger partial charge in [0.1, 0.15) is 11.5 Å². The van der Waals surface area contributed by atoms with E-state index in [0.717, 1.165) is 11.2 Å². The normalized spacial score (nSPS) is 17.8. The van der Waals surface area contributed by atoms with Gasteiger partial charge in [0.25, 0.3) is 0 Å².